The summed E-state index contributed by atoms with van der Waals surface area (Å²) in [6, 6.07) is 13.4. The second-order valence-electron chi connectivity index (χ2n) is 7.95. The van der Waals surface area contributed by atoms with Gasteiger partial charge < -0.3 is 14.2 Å². The minimum Gasteiger partial charge on any atom is -0.496 e. The lowest BCUT2D eigenvalue weighted by molar-refractivity contribution is 0.101. The van der Waals surface area contributed by atoms with Gasteiger partial charge in [0.05, 0.1) is 32.6 Å². The summed E-state index contributed by atoms with van der Waals surface area (Å²) in [5.41, 5.74) is 1.49. The lowest BCUT2D eigenvalue weighted by Crippen LogP contribution is -2.15. The lowest BCUT2D eigenvalue weighted by Gasteiger charge is -2.25. The monoisotopic (exact) mass is 467 g/mol. The van der Waals surface area contributed by atoms with E-state index < -0.39 is 0 Å². The summed E-state index contributed by atoms with van der Waals surface area (Å²) in [5, 5.41) is 9.79. The van der Waals surface area contributed by atoms with E-state index in [1.54, 1.807) is 33.5 Å². The van der Waals surface area contributed by atoms with Gasteiger partial charge in [-0.15, -0.1) is 10.2 Å². The summed E-state index contributed by atoms with van der Waals surface area (Å²) in [7, 11) is 4.82. The van der Waals surface area contributed by atoms with Crippen LogP contribution in [-0.2, 0) is 0 Å². The third kappa shape index (κ3) is 5.00. The fourth-order valence-electron chi connectivity index (χ4n) is 4.30. The lowest BCUT2D eigenvalue weighted by atomic mass is 9.95. The predicted molar refractivity (Wildman–Crippen MR) is 129 cm³/mol. The van der Waals surface area contributed by atoms with E-state index in [4.69, 9.17) is 14.2 Å². The van der Waals surface area contributed by atoms with Crippen molar-refractivity contribution in [2.45, 2.75) is 43.3 Å². The maximum absolute atomic E-state index is 12.9. The summed E-state index contributed by atoms with van der Waals surface area (Å²) in [6.45, 7) is 0. The van der Waals surface area contributed by atoms with Crippen molar-refractivity contribution in [1.82, 2.24) is 14.8 Å². The summed E-state index contributed by atoms with van der Waals surface area (Å²) in [5.74, 6) is 2.95. The number of rotatable bonds is 9. The number of hydrogen-bond donors (Lipinski definition) is 0. The van der Waals surface area contributed by atoms with Gasteiger partial charge >= 0.3 is 0 Å². The van der Waals surface area contributed by atoms with E-state index in [2.05, 4.69) is 14.8 Å². The average molecular weight is 468 g/mol. The van der Waals surface area contributed by atoms with E-state index in [-0.39, 0.29) is 11.5 Å². The topological polar surface area (TPSA) is 75.5 Å². The Labute approximate surface area is 198 Å². The molecule has 0 radical (unpaired) electrons. The van der Waals surface area contributed by atoms with Crippen LogP contribution in [-0.4, -0.2) is 47.6 Å². The minimum absolute atomic E-state index is 0.00307. The molecule has 8 heteroatoms. The van der Waals surface area contributed by atoms with Crippen LogP contribution in [0.1, 0.15) is 48.5 Å². The first kappa shape index (κ1) is 23.2. The number of ketones is 1. The number of para-hydroxylation sites is 1. The van der Waals surface area contributed by atoms with E-state index in [9.17, 15) is 4.79 Å². The van der Waals surface area contributed by atoms with E-state index in [1.165, 1.54) is 31.0 Å². The maximum atomic E-state index is 12.9. The summed E-state index contributed by atoms with van der Waals surface area (Å²) >= 11 is 1.42. The van der Waals surface area contributed by atoms with Gasteiger partial charge in [0.2, 0.25) is 0 Å². The van der Waals surface area contributed by atoms with E-state index in [0.717, 1.165) is 29.4 Å². The number of carbonyl (C=O) groups excluding carboxylic acids is 1. The third-order valence-corrected chi connectivity index (χ3v) is 6.93. The van der Waals surface area contributed by atoms with Crippen LogP contribution in [0.5, 0.6) is 17.2 Å². The molecule has 1 aliphatic rings. The molecule has 0 aliphatic heterocycles. The minimum atomic E-state index is 0.00307. The number of ether oxygens (including phenoxy) is 3. The molecule has 33 heavy (non-hydrogen) atoms. The summed E-state index contributed by atoms with van der Waals surface area (Å²) in [4.78, 5) is 12.9. The highest BCUT2D eigenvalue weighted by molar-refractivity contribution is 7.99. The van der Waals surface area contributed by atoms with Gasteiger partial charge in [0.1, 0.15) is 5.75 Å². The Morgan fingerprint density at radius 2 is 1.67 bits per heavy atom. The van der Waals surface area contributed by atoms with E-state index >= 15 is 0 Å². The molecule has 0 spiro atoms. The number of benzene rings is 2. The van der Waals surface area contributed by atoms with Gasteiger partial charge in [0, 0.05) is 11.6 Å². The molecule has 7 nitrogen and oxygen atoms in total. The first-order chi connectivity index (χ1) is 16.2. The molecular formula is C25H29N3O4S. The number of nitrogens with zero attached hydrogens (tertiary/aromatic N) is 3. The zero-order chi connectivity index (χ0) is 23.2. The van der Waals surface area contributed by atoms with E-state index in [1.807, 2.05) is 30.3 Å². The second kappa shape index (κ2) is 10.7. The van der Waals surface area contributed by atoms with Gasteiger partial charge in [-0.1, -0.05) is 43.2 Å². The van der Waals surface area contributed by atoms with Gasteiger partial charge in [-0.05, 0) is 43.2 Å². The molecule has 0 bridgehead atoms. The largest absolute Gasteiger partial charge is 0.496 e. The van der Waals surface area contributed by atoms with Gasteiger partial charge in [-0.2, -0.15) is 0 Å². The smallest absolute Gasteiger partial charge is 0.192 e. The van der Waals surface area contributed by atoms with Crippen LogP contribution < -0.4 is 14.2 Å². The normalized spacial score (nSPS) is 14.2. The molecule has 0 atom stereocenters. The van der Waals surface area contributed by atoms with Crippen LogP contribution >= 0.6 is 11.8 Å². The summed E-state index contributed by atoms with van der Waals surface area (Å²) in [6.07, 6.45) is 5.76. The zero-order valence-corrected chi connectivity index (χ0v) is 20.1. The Morgan fingerprint density at radius 1 is 0.939 bits per heavy atom. The number of hydrogen-bond acceptors (Lipinski definition) is 7. The predicted octanol–water partition coefficient (Wildman–Crippen LogP) is 5.45. The van der Waals surface area contributed by atoms with Crippen LogP contribution in [0.4, 0.5) is 0 Å². The quantitative estimate of drug-likeness (QED) is 0.306. The Balaban J connectivity index is 1.65. The fraction of sp³-hybridized carbons (Fsp3) is 0.400. The van der Waals surface area contributed by atoms with Crippen LogP contribution in [0.3, 0.4) is 0 Å². The van der Waals surface area contributed by atoms with Crippen molar-refractivity contribution >= 4 is 17.5 Å². The van der Waals surface area contributed by atoms with Crippen molar-refractivity contribution in [1.29, 1.82) is 0 Å². The Hall–Kier alpha value is -3.00. The molecular weight excluding hydrogens is 438 g/mol. The molecule has 4 rings (SSSR count). The number of Topliss-reactive ketones (excluding diaryl/α,β-unsaturated/α-hetero) is 1. The fourth-order valence-corrected chi connectivity index (χ4v) is 5.19. The molecule has 0 unspecified atom stereocenters. The van der Waals surface area contributed by atoms with Crippen LogP contribution in [0.15, 0.2) is 47.6 Å². The molecule has 1 aromatic heterocycles. The third-order valence-electron chi connectivity index (χ3n) is 5.99. The first-order valence-electron chi connectivity index (χ1n) is 11.1. The first-order valence-corrected chi connectivity index (χ1v) is 12.1. The van der Waals surface area contributed by atoms with Crippen LogP contribution in [0.25, 0.3) is 11.4 Å². The SMILES string of the molecule is COc1ccc(-c2nnc(SCC(=O)c3ccccc3OC)n2C2CCCCC2)cc1OC. The second-order valence-corrected chi connectivity index (χ2v) is 8.89. The molecule has 1 fully saturated rings. The zero-order valence-electron chi connectivity index (χ0n) is 19.2. The van der Waals surface area contributed by atoms with Crippen molar-refractivity contribution in [2.75, 3.05) is 27.1 Å². The van der Waals surface area contributed by atoms with Crippen molar-refractivity contribution in [3.63, 3.8) is 0 Å². The van der Waals surface area contributed by atoms with Crippen LogP contribution in [0, 0.1) is 0 Å². The molecule has 1 aliphatic carbocycles. The molecule has 0 N–H and O–H groups in total. The van der Waals surface area contributed by atoms with Crippen molar-refractivity contribution in [3.05, 3.63) is 48.0 Å². The van der Waals surface area contributed by atoms with Crippen molar-refractivity contribution < 1.29 is 19.0 Å². The Kier molecular flexibility index (Phi) is 7.54. The van der Waals surface area contributed by atoms with Gasteiger partial charge in [0.15, 0.2) is 28.3 Å². The van der Waals surface area contributed by atoms with Crippen molar-refractivity contribution in [2.24, 2.45) is 0 Å². The molecule has 0 saturated heterocycles. The highest BCUT2D eigenvalue weighted by atomic mass is 32.2. The molecule has 174 valence electrons. The van der Waals surface area contributed by atoms with Crippen molar-refractivity contribution in [3.8, 4) is 28.6 Å². The number of aromatic nitrogens is 3. The molecule has 0 amide bonds. The average Bonchev–Trinajstić information content (AvgIpc) is 3.31. The Bertz CT molecular complexity index is 1110. The Morgan fingerprint density at radius 3 is 2.39 bits per heavy atom. The molecule has 3 aromatic rings. The number of thioether (sulfide) groups is 1. The van der Waals surface area contributed by atoms with Gasteiger partial charge in [-0.25, -0.2) is 0 Å². The highest BCUT2D eigenvalue weighted by Gasteiger charge is 2.25. The van der Waals surface area contributed by atoms with Gasteiger partial charge in [-0.3, -0.25) is 9.36 Å². The van der Waals surface area contributed by atoms with Gasteiger partial charge in [0.25, 0.3) is 0 Å². The number of carbonyl (C=O) groups is 1. The maximum Gasteiger partial charge on any atom is 0.192 e. The van der Waals surface area contributed by atoms with Crippen LogP contribution in [0.2, 0.25) is 0 Å². The van der Waals surface area contributed by atoms with E-state index in [0.29, 0.717) is 28.9 Å². The molecule has 1 saturated carbocycles. The molecule has 2 aromatic carbocycles. The standard InChI is InChI=1S/C25H29N3O4S/c1-30-21-12-8-7-11-19(21)20(29)16-33-25-27-26-24(28(25)18-9-5-4-6-10-18)17-13-14-22(31-2)23(15-17)32-3/h7-8,11-15,18H,4-6,9-10,16H2,1-3H3. The summed E-state index contributed by atoms with van der Waals surface area (Å²) < 4.78 is 18.4. The highest BCUT2D eigenvalue weighted by Crippen LogP contribution is 2.38. The molecule has 1 heterocycles. The number of methoxy groups -OCH3 is 3.